The van der Waals surface area contributed by atoms with Gasteiger partial charge < -0.3 is 23.5 Å². The van der Waals surface area contributed by atoms with Gasteiger partial charge in [-0.2, -0.15) is 0 Å². The first kappa shape index (κ1) is 21.4. The molecule has 2 saturated heterocycles. The molecule has 2 aromatic heterocycles. The lowest BCUT2D eigenvalue weighted by molar-refractivity contribution is 0.0189. The van der Waals surface area contributed by atoms with Crippen molar-refractivity contribution in [2.45, 2.75) is 31.7 Å². The molecule has 33 heavy (non-hydrogen) atoms. The zero-order chi connectivity index (χ0) is 23.3. The number of carbonyl (C=O) groups is 2. The zero-order valence-corrected chi connectivity index (χ0v) is 18.4. The Balaban J connectivity index is 1.46. The highest BCUT2D eigenvalue weighted by molar-refractivity contribution is 5.97. The molecule has 2 aliphatic rings. The number of aryl methyl sites for hydroxylation is 1. The second-order valence-electron chi connectivity index (χ2n) is 8.62. The van der Waals surface area contributed by atoms with Gasteiger partial charge in [-0.15, -0.1) is 0 Å². The van der Waals surface area contributed by atoms with Gasteiger partial charge in [-0.05, 0) is 36.6 Å². The number of hydrogen-bond acceptors (Lipinski definition) is 5. The summed E-state index contributed by atoms with van der Waals surface area (Å²) in [6.07, 6.45) is 3.92. The number of benzene rings is 1. The van der Waals surface area contributed by atoms with Crippen LogP contribution >= 0.6 is 0 Å². The molecule has 0 aliphatic carbocycles. The van der Waals surface area contributed by atoms with Crippen LogP contribution in [0, 0.1) is 0 Å². The highest BCUT2D eigenvalue weighted by Crippen LogP contribution is 2.37. The van der Waals surface area contributed by atoms with Crippen LogP contribution < -0.4 is 0 Å². The van der Waals surface area contributed by atoms with Gasteiger partial charge in [0.25, 0.3) is 11.8 Å². The Morgan fingerprint density at radius 2 is 1.94 bits per heavy atom. The van der Waals surface area contributed by atoms with Crippen LogP contribution in [-0.2, 0) is 17.7 Å². The molecule has 174 valence electrons. The summed E-state index contributed by atoms with van der Waals surface area (Å²) in [6, 6.07) is 4.87. The molecule has 2 aliphatic heterocycles. The number of cyclic esters (lactones) is 1. The van der Waals surface area contributed by atoms with Gasteiger partial charge in [-0.25, -0.2) is 18.6 Å². The van der Waals surface area contributed by atoms with Gasteiger partial charge in [0, 0.05) is 44.2 Å². The molecule has 2 fully saturated rings. The number of hydrogen-bond donors (Lipinski definition) is 0. The molecular formula is C23H24F2N4O4. The number of furan rings is 1. The predicted octanol–water partition coefficient (Wildman–Crippen LogP) is 4.00. The van der Waals surface area contributed by atoms with E-state index in [1.807, 2.05) is 0 Å². The maximum Gasteiger partial charge on any atom is 0.410 e. The summed E-state index contributed by atoms with van der Waals surface area (Å²) in [5, 5.41) is 0. The smallest absolute Gasteiger partial charge is 0.410 e. The van der Waals surface area contributed by atoms with E-state index in [4.69, 9.17) is 9.15 Å². The van der Waals surface area contributed by atoms with Gasteiger partial charge in [0.1, 0.15) is 6.61 Å². The molecule has 0 atom stereocenters. The van der Waals surface area contributed by atoms with Crippen LogP contribution in [0.15, 0.2) is 35.1 Å². The normalized spacial score (nSPS) is 17.8. The van der Waals surface area contributed by atoms with Crippen molar-refractivity contribution in [2.24, 2.45) is 7.05 Å². The fourth-order valence-electron chi connectivity index (χ4n) is 4.67. The topological polar surface area (TPSA) is 80.8 Å². The van der Waals surface area contributed by atoms with Gasteiger partial charge in [0.15, 0.2) is 5.82 Å². The monoisotopic (exact) mass is 458 g/mol. The van der Waals surface area contributed by atoms with Gasteiger partial charge in [0.05, 0.1) is 30.1 Å². The van der Waals surface area contributed by atoms with Crippen molar-refractivity contribution in [3.8, 4) is 11.1 Å². The third-order valence-electron chi connectivity index (χ3n) is 6.49. The third-order valence-corrected chi connectivity index (χ3v) is 6.49. The number of imidazole rings is 1. The van der Waals surface area contributed by atoms with Crippen molar-refractivity contribution in [3.63, 3.8) is 0 Å². The molecule has 2 amide bonds. The van der Waals surface area contributed by atoms with Crippen LogP contribution in [0.3, 0.4) is 0 Å². The molecule has 0 N–H and O–H groups in total. The zero-order valence-electron chi connectivity index (χ0n) is 18.4. The van der Waals surface area contributed by atoms with E-state index >= 15 is 0 Å². The van der Waals surface area contributed by atoms with Crippen LogP contribution in [-0.4, -0.2) is 63.6 Å². The van der Waals surface area contributed by atoms with Crippen LogP contribution in [0.1, 0.15) is 35.9 Å². The van der Waals surface area contributed by atoms with E-state index in [-0.39, 0.29) is 34.9 Å². The van der Waals surface area contributed by atoms with Crippen LogP contribution in [0.2, 0.25) is 0 Å². The molecule has 8 nitrogen and oxygen atoms in total. The Labute approximate surface area is 188 Å². The summed E-state index contributed by atoms with van der Waals surface area (Å²) in [7, 11) is 1.66. The highest BCUT2D eigenvalue weighted by Gasteiger charge is 2.35. The van der Waals surface area contributed by atoms with E-state index < -0.39 is 5.92 Å². The molecule has 3 aromatic rings. The minimum Gasteiger partial charge on any atom is -0.472 e. The molecule has 0 radical (unpaired) electrons. The summed E-state index contributed by atoms with van der Waals surface area (Å²) in [6.45, 7) is 2.69. The summed E-state index contributed by atoms with van der Waals surface area (Å²) >= 11 is 0. The summed E-state index contributed by atoms with van der Waals surface area (Å²) < 4.78 is 40.7. The number of amides is 2. The summed E-state index contributed by atoms with van der Waals surface area (Å²) in [5.41, 5.74) is 1.54. The number of fused-ring (bicyclic) bond motifs is 1. The molecule has 0 spiro atoms. The molecule has 0 bridgehead atoms. The van der Waals surface area contributed by atoms with Crippen LogP contribution in [0.25, 0.3) is 22.2 Å². The SMILES string of the molecule is Cn1c(C(=O)N2CCC(N3CCOC3=O)CC2)nc2c(C(C)(F)F)cc(-c3ccoc3)cc21. The van der Waals surface area contributed by atoms with E-state index in [1.165, 1.54) is 18.6 Å². The predicted molar refractivity (Wildman–Crippen MR) is 115 cm³/mol. The summed E-state index contributed by atoms with van der Waals surface area (Å²) in [4.78, 5) is 32.9. The maximum atomic E-state index is 14.5. The second kappa shape index (κ2) is 7.86. The number of nitrogens with zero attached hydrogens (tertiary/aromatic N) is 4. The van der Waals surface area contributed by atoms with Crippen molar-refractivity contribution >= 4 is 23.0 Å². The number of rotatable bonds is 4. The molecule has 1 aromatic carbocycles. The lowest BCUT2D eigenvalue weighted by Crippen LogP contribution is -2.47. The van der Waals surface area contributed by atoms with Crippen molar-refractivity contribution in [3.05, 3.63) is 42.1 Å². The number of piperidine rings is 1. The van der Waals surface area contributed by atoms with Crippen LogP contribution in [0.5, 0.6) is 0 Å². The fourth-order valence-corrected chi connectivity index (χ4v) is 4.67. The lowest BCUT2D eigenvalue weighted by atomic mass is 10.0. The number of aromatic nitrogens is 2. The van der Waals surface area contributed by atoms with Gasteiger partial charge in [-0.3, -0.25) is 4.79 Å². The molecule has 10 heteroatoms. The Morgan fingerprint density at radius 1 is 1.18 bits per heavy atom. The molecule has 4 heterocycles. The summed E-state index contributed by atoms with van der Waals surface area (Å²) in [5.74, 6) is -3.35. The minimum absolute atomic E-state index is 0.0346. The average Bonchev–Trinajstić information content (AvgIpc) is 3.53. The van der Waals surface area contributed by atoms with E-state index in [0.29, 0.717) is 55.7 Å². The number of halogens is 2. The van der Waals surface area contributed by atoms with Crippen LogP contribution in [0.4, 0.5) is 13.6 Å². The van der Waals surface area contributed by atoms with E-state index in [0.717, 1.165) is 6.92 Å². The average molecular weight is 458 g/mol. The Hall–Kier alpha value is -3.43. The Kier molecular flexibility index (Phi) is 5.10. The first-order valence-electron chi connectivity index (χ1n) is 10.9. The number of carbonyl (C=O) groups excluding carboxylic acids is 2. The van der Waals surface area contributed by atoms with E-state index in [9.17, 15) is 18.4 Å². The highest BCUT2D eigenvalue weighted by atomic mass is 19.3. The first-order valence-corrected chi connectivity index (χ1v) is 10.9. The Morgan fingerprint density at radius 3 is 2.55 bits per heavy atom. The van der Waals surface area contributed by atoms with E-state index in [2.05, 4.69) is 4.98 Å². The van der Waals surface area contributed by atoms with Crippen molar-refractivity contribution < 1.29 is 27.5 Å². The molecular weight excluding hydrogens is 434 g/mol. The van der Waals surface area contributed by atoms with Gasteiger partial charge in [0.2, 0.25) is 0 Å². The van der Waals surface area contributed by atoms with Gasteiger partial charge in [-0.1, -0.05) is 0 Å². The molecule has 5 rings (SSSR count). The van der Waals surface area contributed by atoms with Crippen molar-refractivity contribution in [2.75, 3.05) is 26.2 Å². The first-order chi connectivity index (χ1) is 15.7. The number of likely N-dealkylation sites (tertiary alicyclic amines) is 1. The van der Waals surface area contributed by atoms with E-state index in [1.54, 1.807) is 33.5 Å². The second-order valence-corrected chi connectivity index (χ2v) is 8.62. The van der Waals surface area contributed by atoms with Crippen molar-refractivity contribution in [1.82, 2.24) is 19.4 Å². The minimum atomic E-state index is -3.14. The Bertz CT molecular complexity index is 1210. The third kappa shape index (κ3) is 3.73. The maximum absolute atomic E-state index is 14.5. The standard InChI is InChI=1S/C23H24F2N4O4/c1-23(24,25)17-11-15(14-5-9-32-13-14)12-18-19(17)26-20(27(18)2)21(30)28-6-3-16(4-7-28)29-8-10-33-22(29)31/h5,9,11-13,16H,3-4,6-8,10H2,1-2H3. The number of ether oxygens (including phenoxy) is 1. The lowest BCUT2D eigenvalue weighted by Gasteiger charge is -2.35. The molecule has 0 unspecified atom stereocenters. The van der Waals surface area contributed by atoms with Gasteiger partial charge >= 0.3 is 6.09 Å². The quantitative estimate of drug-likeness (QED) is 0.590. The number of alkyl halides is 2. The van der Waals surface area contributed by atoms with Crippen molar-refractivity contribution in [1.29, 1.82) is 0 Å². The fraction of sp³-hybridized carbons (Fsp3) is 0.435. The molecule has 0 saturated carbocycles. The largest absolute Gasteiger partial charge is 0.472 e.